The van der Waals surface area contributed by atoms with E-state index in [-0.39, 0.29) is 6.42 Å². The predicted molar refractivity (Wildman–Crippen MR) is 161 cm³/mol. The van der Waals surface area contributed by atoms with Gasteiger partial charge in [-0.25, -0.2) is 9.59 Å². The molecule has 0 heterocycles. The Morgan fingerprint density at radius 2 is 1.50 bits per heavy atom. The van der Waals surface area contributed by atoms with Gasteiger partial charge in [-0.15, -0.1) is 0 Å². The quantitative estimate of drug-likeness (QED) is 0.114. The molecule has 244 valence electrons. The van der Waals surface area contributed by atoms with Gasteiger partial charge in [0.15, 0.2) is 0 Å². The van der Waals surface area contributed by atoms with Crippen LogP contribution >= 0.6 is 0 Å². The number of nitrogens with one attached hydrogen (secondary N) is 4. The summed E-state index contributed by atoms with van der Waals surface area (Å²) < 4.78 is 46.7. The Bertz CT molecular complexity index is 1500. The Morgan fingerprint density at radius 1 is 0.804 bits per heavy atom. The Morgan fingerprint density at radius 3 is 2.17 bits per heavy atom. The zero-order chi connectivity index (χ0) is 33.5. The number of carbonyl (C=O) groups is 5. The zero-order valence-corrected chi connectivity index (χ0v) is 24.8. The van der Waals surface area contributed by atoms with E-state index in [1.807, 2.05) is 30.3 Å². The van der Waals surface area contributed by atoms with Crippen LogP contribution in [0.15, 0.2) is 78.9 Å². The van der Waals surface area contributed by atoms with Crippen LogP contribution in [0.1, 0.15) is 37.3 Å². The standard InChI is InChI=1S/C32H33F3N4O7/c1-45-25-11-7-10-24(18-25)38-31(44)36-17-6-5-12-27(40)37-20-28(41)39-26(19-29(42)46-30(43)32(33,34)35)23-15-13-22(14-16-23)21-8-3-2-4-9-21/h2-4,7-11,13-16,18,26H,5-6,12,17,19-20H2,1H3,(H,37,40)(H,39,41)(H2,36,38,44). The molecule has 14 heteroatoms. The molecule has 0 saturated carbocycles. The summed E-state index contributed by atoms with van der Waals surface area (Å²) >= 11 is 0. The summed E-state index contributed by atoms with van der Waals surface area (Å²) in [5.74, 6) is -4.74. The summed E-state index contributed by atoms with van der Waals surface area (Å²) in [4.78, 5) is 60.2. The monoisotopic (exact) mass is 642 g/mol. The van der Waals surface area contributed by atoms with Crippen LogP contribution in [0.3, 0.4) is 0 Å². The van der Waals surface area contributed by atoms with Gasteiger partial charge in [0.2, 0.25) is 11.8 Å². The lowest BCUT2D eigenvalue weighted by Crippen LogP contribution is -2.39. The van der Waals surface area contributed by atoms with Crippen molar-refractivity contribution in [1.82, 2.24) is 16.0 Å². The molecular weight excluding hydrogens is 609 g/mol. The Hall–Kier alpha value is -5.40. The van der Waals surface area contributed by atoms with Crippen LogP contribution in [0.25, 0.3) is 11.1 Å². The molecule has 0 aromatic heterocycles. The minimum atomic E-state index is -5.37. The highest BCUT2D eigenvalue weighted by atomic mass is 19.4. The molecule has 4 N–H and O–H groups in total. The number of hydrogen-bond donors (Lipinski definition) is 4. The van der Waals surface area contributed by atoms with Crippen LogP contribution in [0.4, 0.5) is 23.7 Å². The molecule has 3 aromatic carbocycles. The van der Waals surface area contributed by atoms with Crippen molar-refractivity contribution in [2.24, 2.45) is 0 Å². The lowest BCUT2D eigenvalue weighted by molar-refractivity contribution is -0.202. The fourth-order valence-corrected chi connectivity index (χ4v) is 4.16. The first-order valence-corrected chi connectivity index (χ1v) is 14.2. The van der Waals surface area contributed by atoms with Crippen LogP contribution in [0.5, 0.6) is 5.75 Å². The molecule has 1 atom stereocenters. The molecule has 4 amide bonds. The number of unbranched alkanes of at least 4 members (excludes halogenated alkanes) is 1. The molecule has 1 unspecified atom stereocenters. The highest BCUT2D eigenvalue weighted by molar-refractivity contribution is 5.90. The predicted octanol–water partition coefficient (Wildman–Crippen LogP) is 4.65. The second-order valence-electron chi connectivity index (χ2n) is 9.92. The van der Waals surface area contributed by atoms with Crippen molar-refractivity contribution in [3.05, 3.63) is 84.4 Å². The van der Waals surface area contributed by atoms with Gasteiger partial charge in [0.25, 0.3) is 0 Å². The van der Waals surface area contributed by atoms with Gasteiger partial charge in [-0.1, -0.05) is 60.7 Å². The van der Waals surface area contributed by atoms with Gasteiger partial charge in [-0.2, -0.15) is 13.2 Å². The number of amides is 4. The number of ether oxygens (including phenoxy) is 2. The molecule has 0 spiro atoms. The van der Waals surface area contributed by atoms with E-state index in [4.69, 9.17) is 4.74 Å². The van der Waals surface area contributed by atoms with Crippen molar-refractivity contribution < 1.29 is 46.6 Å². The third kappa shape index (κ3) is 11.9. The van der Waals surface area contributed by atoms with Crippen molar-refractivity contribution in [2.75, 3.05) is 25.5 Å². The average molecular weight is 643 g/mol. The summed E-state index contributed by atoms with van der Waals surface area (Å²) in [6, 6.07) is 21.1. The summed E-state index contributed by atoms with van der Waals surface area (Å²) in [6.07, 6.45) is -5.20. The molecule has 0 bridgehead atoms. The first kappa shape index (κ1) is 35.1. The number of esters is 2. The van der Waals surface area contributed by atoms with Crippen molar-refractivity contribution >= 4 is 35.5 Å². The van der Waals surface area contributed by atoms with E-state index in [1.165, 1.54) is 7.11 Å². The Balaban J connectivity index is 1.47. The number of carbonyl (C=O) groups excluding carboxylic acids is 5. The first-order chi connectivity index (χ1) is 21.9. The molecular formula is C32H33F3N4O7. The van der Waals surface area contributed by atoms with Gasteiger partial charge < -0.3 is 30.7 Å². The van der Waals surface area contributed by atoms with E-state index in [1.54, 1.807) is 48.5 Å². The maximum Gasteiger partial charge on any atom is 0.491 e. The molecule has 0 aliphatic rings. The zero-order valence-electron chi connectivity index (χ0n) is 24.8. The van der Waals surface area contributed by atoms with E-state index in [0.717, 1.165) is 11.1 Å². The number of urea groups is 1. The summed E-state index contributed by atoms with van der Waals surface area (Å²) in [5, 5.41) is 10.3. The molecule has 46 heavy (non-hydrogen) atoms. The number of benzene rings is 3. The highest BCUT2D eigenvalue weighted by Crippen LogP contribution is 2.25. The maximum atomic E-state index is 12.6. The fourth-order valence-electron chi connectivity index (χ4n) is 4.16. The van der Waals surface area contributed by atoms with Crippen molar-refractivity contribution in [3.63, 3.8) is 0 Å². The van der Waals surface area contributed by atoms with Crippen LogP contribution in [0.2, 0.25) is 0 Å². The molecule has 0 aliphatic carbocycles. The summed E-state index contributed by atoms with van der Waals surface area (Å²) in [5.41, 5.74) is 2.61. The van der Waals surface area contributed by atoms with Gasteiger partial charge in [0.05, 0.1) is 26.1 Å². The van der Waals surface area contributed by atoms with Gasteiger partial charge >= 0.3 is 24.1 Å². The van der Waals surface area contributed by atoms with Crippen LogP contribution in [0, 0.1) is 0 Å². The van der Waals surface area contributed by atoms with Gasteiger partial charge in [0.1, 0.15) is 5.75 Å². The van der Waals surface area contributed by atoms with E-state index >= 15 is 0 Å². The number of methoxy groups -OCH3 is 1. The van der Waals surface area contributed by atoms with E-state index in [2.05, 4.69) is 26.0 Å². The minimum absolute atomic E-state index is 0.0583. The molecule has 0 aliphatic heterocycles. The molecule has 0 fully saturated rings. The first-order valence-electron chi connectivity index (χ1n) is 14.2. The summed E-state index contributed by atoms with van der Waals surface area (Å²) in [7, 11) is 1.51. The van der Waals surface area contributed by atoms with E-state index in [0.29, 0.717) is 36.4 Å². The molecule has 0 radical (unpaired) electrons. The van der Waals surface area contributed by atoms with Gasteiger partial charge in [-0.05, 0) is 41.7 Å². The number of alkyl halides is 3. The number of hydrogen-bond acceptors (Lipinski definition) is 7. The average Bonchev–Trinajstić information content (AvgIpc) is 3.03. The molecule has 0 saturated heterocycles. The van der Waals surface area contributed by atoms with Gasteiger partial charge in [-0.3, -0.25) is 14.4 Å². The van der Waals surface area contributed by atoms with Crippen molar-refractivity contribution in [1.29, 1.82) is 0 Å². The van der Waals surface area contributed by atoms with Crippen LogP contribution in [-0.4, -0.2) is 56.2 Å². The fraction of sp³-hybridized carbons (Fsp3) is 0.281. The third-order valence-electron chi connectivity index (χ3n) is 6.45. The highest BCUT2D eigenvalue weighted by Gasteiger charge is 2.42. The minimum Gasteiger partial charge on any atom is -0.497 e. The normalized spacial score (nSPS) is 11.5. The SMILES string of the molecule is COc1cccc(NC(=O)NCCCCC(=O)NCC(=O)NC(CC(=O)OC(=O)C(F)(F)F)c2ccc(-c3ccccc3)cc2)c1. The Kier molecular flexibility index (Phi) is 13.1. The smallest absolute Gasteiger partial charge is 0.491 e. The second-order valence-corrected chi connectivity index (χ2v) is 9.92. The molecule has 3 rings (SSSR count). The van der Waals surface area contributed by atoms with Crippen molar-refractivity contribution in [3.8, 4) is 16.9 Å². The van der Waals surface area contributed by atoms with Gasteiger partial charge in [0, 0.05) is 24.7 Å². The van der Waals surface area contributed by atoms with Crippen LogP contribution in [-0.2, 0) is 23.9 Å². The van der Waals surface area contributed by atoms with Crippen LogP contribution < -0.4 is 26.0 Å². The summed E-state index contributed by atoms with van der Waals surface area (Å²) in [6.45, 7) is -0.184. The number of anilines is 1. The van der Waals surface area contributed by atoms with E-state index in [9.17, 15) is 37.1 Å². The largest absolute Gasteiger partial charge is 0.497 e. The Labute approximate surface area is 262 Å². The molecule has 11 nitrogen and oxygen atoms in total. The second kappa shape index (κ2) is 17.2. The topological polar surface area (TPSA) is 152 Å². The third-order valence-corrected chi connectivity index (χ3v) is 6.45. The number of rotatable bonds is 14. The number of halogens is 3. The van der Waals surface area contributed by atoms with E-state index < -0.39 is 55.0 Å². The lowest BCUT2D eigenvalue weighted by Gasteiger charge is -2.19. The maximum absolute atomic E-state index is 12.6. The van der Waals surface area contributed by atoms with Crippen molar-refractivity contribution in [2.45, 2.75) is 37.9 Å². The molecule has 3 aromatic rings. The lowest BCUT2D eigenvalue weighted by atomic mass is 9.99.